The van der Waals surface area contributed by atoms with Crippen LogP contribution in [0.5, 0.6) is 0 Å². The first-order valence-corrected chi connectivity index (χ1v) is 6.57. The average molecular weight is 282 g/mol. The summed E-state index contributed by atoms with van der Waals surface area (Å²) in [5.41, 5.74) is 1.54. The molecule has 0 amide bonds. The molecule has 0 radical (unpaired) electrons. The highest BCUT2D eigenvalue weighted by Crippen LogP contribution is 2.48. The number of nitrogens with zero attached hydrogens (tertiary/aromatic N) is 1. The first-order chi connectivity index (χ1) is 7.56. The van der Waals surface area contributed by atoms with Crippen molar-refractivity contribution >= 4 is 15.9 Å². The molecule has 1 aromatic rings. The van der Waals surface area contributed by atoms with Gasteiger partial charge < -0.3 is 0 Å². The van der Waals surface area contributed by atoms with Crippen LogP contribution < -0.4 is 0 Å². The van der Waals surface area contributed by atoms with Gasteiger partial charge in [-0.1, -0.05) is 28.1 Å². The monoisotopic (exact) mass is 281 g/mol. The maximum Gasteiger partial charge on any atom is 0.0831 e. The van der Waals surface area contributed by atoms with Crippen molar-refractivity contribution in [2.24, 2.45) is 0 Å². The summed E-state index contributed by atoms with van der Waals surface area (Å²) in [5, 5.41) is 2.20. The smallest absolute Gasteiger partial charge is 0.0831 e. The van der Waals surface area contributed by atoms with Gasteiger partial charge >= 0.3 is 0 Å². The first kappa shape index (κ1) is 10.8. The highest BCUT2D eigenvalue weighted by Gasteiger charge is 2.50. The van der Waals surface area contributed by atoms with E-state index in [1.807, 2.05) is 0 Å². The predicted octanol–water partition coefficient (Wildman–Crippen LogP) is 3.68. The largest absolute Gasteiger partial charge is 0.294 e. The maximum atomic E-state index is 5.91. The third kappa shape index (κ3) is 1.62. The van der Waals surface area contributed by atoms with Crippen LogP contribution in [-0.2, 0) is 4.84 Å². The standard InChI is InChI=1S/C13H16BrNO/c1-13(2)8-11-7-12(15(13)16-11)9-3-5-10(14)6-4-9/h3-6,11-12H,7-8H2,1-2H3/t11-,12-/m0/s1. The number of benzene rings is 1. The van der Waals surface area contributed by atoms with Crippen molar-refractivity contribution in [2.45, 2.75) is 44.4 Å². The molecule has 2 nitrogen and oxygen atoms in total. The normalized spacial score (nSPS) is 35.6. The van der Waals surface area contributed by atoms with Crippen LogP contribution in [0.1, 0.15) is 38.3 Å². The fourth-order valence-corrected chi connectivity index (χ4v) is 3.17. The third-order valence-corrected chi connectivity index (χ3v) is 4.14. The Balaban J connectivity index is 1.90. The molecule has 2 heterocycles. The van der Waals surface area contributed by atoms with Crippen LogP contribution in [0.15, 0.2) is 28.7 Å². The molecule has 0 aromatic heterocycles. The fraction of sp³-hybridized carbons (Fsp3) is 0.538. The van der Waals surface area contributed by atoms with E-state index in [4.69, 9.17) is 4.84 Å². The Labute approximate surface area is 105 Å². The van der Waals surface area contributed by atoms with E-state index in [0.29, 0.717) is 12.1 Å². The number of halogens is 1. The van der Waals surface area contributed by atoms with E-state index in [-0.39, 0.29) is 5.54 Å². The molecule has 3 heteroatoms. The molecular weight excluding hydrogens is 266 g/mol. The summed E-state index contributed by atoms with van der Waals surface area (Å²) in [4.78, 5) is 5.91. The number of piperidine rings is 1. The van der Waals surface area contributed by atoms with Gasteiger partial charge in [0.15, 0.2) is 0 Å². The van der Waals surface area contributed by atoms with Gasteiger partial charge in [0.05, 0.1) is 12.1 Å². The Kier molecular flexibility index (Phi) is 2.39. The Morgan fingerprint density at radius 2 is 2.00 bits per heavy atom. The highest BCUT2D eigenvalue weighted by molar-refractivity contribution is 9.10. The molecule has 2 saturated heterocycles. The number of hydrogen-bond acceptors (Lipinski definition) is 2. The van der Waals surface area contributed by atoms with Crippen molar-refractivity contribution in [3.05, 3.63) is 34.3 Å². The molecule has 0 aliphatic carbocycles. The highest BCUT2D eigenvalue weighted by atomic mass is 79.9. The molecule has 2 bridgehead atoms. The van der Waals surface area contributed by atoms with Gasteiger partial charge in [-0.2, -0.15) is 5.06 Å². The van der Waals surface area contributed by atoms with Gasteiger partial charge in [-0.25, -0.2) is 0 Å². The average Bonchev–Trinajstić information content (AvgIpc) is 2.74. The van der Waals surface area contributed by atoms with Crippen LogP contribution in [0.25, 0.3) is 0 Å². The number of hydroxylamine groups is 2. The van der Waals surface area contributed by atoms with Gasteiger partial charge in [-0.05, 0) is 44.4 Å². The van der Waals surface area contributed by atoms with Crippen LogP contribution in [0.3, 0.4) is 0 Å². The Hall–Kier alpha value is -0.380. The molecule has 0 N–H and O–H groups in total. The summed E-state index contributed by atoms with van der Waals surface area (Å²) >= 11 is 3.47. The van der Waals surface area contributed by atoms with E-state index in [9.17, 15) is 0 Å². The maximum absolute atomic E-state index is 5.91. The number of fused-ring (bicyclic) bond motifs is 2. The topological polar surface area (TPSA) is 12.5 Å². The van der Waals surface area contributed by atoms with E-state index in [2.05, 4.69) is 59.1 Å². The van der Waals surface area contributed by atoms with Crippen molar-refractivity contribution < 1.29 is 4.84 Å². The van der Waals surface area contributed by atoms with Crippen molar-refractivity contribution in [3.8, 4) is 0 Å². The van der Waals surface area contributed by atoms with Gasteiger partial charge in [0.1, 0.15) is 0 Å². The molecule has 2 aliphatic rings. The van der Waals surface area contributed by atoms with Crippen molar-refractivity contribution in [1.29, 1.82) is 0 Å². The molecule has 2 fully saturated rings. The van der Waals surface area contributed by atoms with Crippen LogP contribution in [-0.4, -0.2) is 16.7 Å². The van der Waals surface area contributed by atoms with Gasteiger partial charge in [-0.3, -0.25) is 4.84 Å². The minimum Gasteiger partial charge on any atom is -0.294 e. The predicted molar refractivity (Wildman–Crippen MR) is 66.9 cm³/mol. The Morgan fingerprint density at radius 1 is 1.31 bits per heavy atom. The molecule has 0 spiro atoms. The molecular formula is C13H16BrNO. The lowest BCUT2D eigenvalue weighted by Gasteiger charge is -2.35. The molecule has 16 heavy (non-hydrogen) atoms. The first-order valence-electron chi connectivity index (χ1n) is 5.78. The third-order valence-electron chi connectivity index (χ3n) is 3.61. The van der Waals surface area contributed by atoms with E-state index in [1.165, 1.54) is 5.56 Å². The molecule has 86 valence electrons. The summed E-state index contributed by atoms with van der Waals surface area (Å²) in [7, 11) is 0. The summed E-state index contributed by atoms with van der Waals surface area (Å²) in [6.45, 7) is 4.52. The second-order valence-corrected chi connectivity index (χ2v) is 6.29. The van der Waals surface area contributed by atoms with E-state index >= 15 is 0 Å². The Bertz CT molecular complexity index is 401. The summed E-state index contributed by atoms with van der Waals surface area (Å²) in [5.74, 6) is 0. The molecule has 0 saturated carbocycles. The van der Waals surface area contributed by atoms with Crippen LogP contribution in [0.4, 0.5) is 0 Å². The lowest BCUT2D eigenvalue weighted by atomic mass is 9.86. The van der Waals surface area contributed by atoms with Crippen molar-refractivity contribution in [3.63, 3.8) is 0 Å². The zero-order valence-corrected chi connectivity index (χ0v) is 11.2. The Morgan fingerprint density at radius 3 is 2.56 bits per heavy atom. The van der Waals surface area contributed by atoms with Gasteiger partial charge in [0.2, 0.25) is 0 Å². The van der Waals surface area contributed by atoms with Crippen LogP contribution in [0, 0.1) is 0 Å². The number of hydrogen-bond donors (Lipinski definition) is 0. The van der Waals surface area contributed by atoms with Gasteiger partial charge in [0.25, 0.3) is 0 Å². The quantitative estimate of drug-likeness (QED) is 0.779. The summed E-state index contributed by atoms with van der Waals surface area (Å²) in [6.07, 6.45) is 2.70. The molecule has 3 atom stereocenters. The van der Waals surface area contributed by atoms with Crippen molar-refractivity contribution in [1.82, 2.24) is 5.06 Å². The SMILES string of the molecule is CC1(C)C[C@@H]2C[C@@H](c3ccc(Br)cc3)N1O2. The van der Waals surface area contributed by atoms with E-state index in [0.717, 1.165) is 17.3 Å². The van der Waals surface area contributed by atoms with Crippen LogP contribution >= 0.6 is 15.9 Å². The fourth-order valence-electron chi connectivity index (χ4n) is 2.91. The number of rotatable bonds is 1. The van der Waals surface area contributed by atoms with Crippen molar-refractivity contribution in [2.75, 3.05) is 0 Å². The zero-order valence-electron chi connectivity index (χ0n) is 9.61. The summed E-state index contributed by atoms with van der Waals surface area (Å²) < 4.78 is 1.13. The molecule has 3 rings (SSSR count). The minimum absolute atomic E-state index is 0.181. The van der Waals surface area contributed by atoms with E-state index < -0.39 is 0 Å². The molecule has 1 unspecified atom stereocenters. The summed E-state index contributed by atoms with van der Waals surface area (Å²) in [6, 6.07) is 9.02. The van der Waals surface area contributed by atoms with Gasteiger partial charge in [0, 0.05) is 10.0 Å². The molecule has 1 aromatic carbocycles. The minimum atomic E-state index is 0.181. The zero-order chi connectivity index (χ0) is 11.3. The lowest BCUT2D eigenvalue weighted by Crippen LogP contribution is -2.40. The van der Waals surface area contributed by atoms with Crippen LogP contribution in [0.2, 0.25) is 0 Å². The molecule has 2 aliphatic heterocycles. The second-order valence-electron chi connectivity index (χ2n) is 5.37. The lowest BCUT2D eigenvalue weighted by molar-refractivity contribution is -0.158. The second kappa shape index (κ2) is 3.56. The van der Waals surface area contributed by atoms with Gasteiger partial charge in [-0.15, -0.1) is 0 Å². The van der Waals surface area contributed by atoms with E-state index in [1.54, 1.807) is 0 Å².